The zero-order valence-electron chi connectivity index (χ0n) is 6.68. The Morgan fingerprint density at radius 3 is 2.64 bits per heavy atom. The van der Waals surface area contributed by atoms with Crippen LogP contribution in [0.5, 0.6) is 0 Å². The summed E-state index contributed by atoms with van der Waals surface area (Å²) < 4.78 is 5.29. The van der Waals surface area contributed by atoms with Crippen molar-refractivity contribution in [3.05, 3.63) is 0 Å². The molecule has 1 atom stereocenters. The maximum absolute atomic E-state index is 9.02. The van der Waals surface area contributed by atoms with Crippen molar-refractivity contribution in [1.29, 1.82) is 5.26 Å². The fraction of sp³-hybridized carbons (Fsp3) is 0.889. The lowest BCUT2D eigenvalue weighted by atomic mass is 9.66. The van der Waals surface area contributed by atoms with Crippen molar-refractivity contribution in [2.24, 2.45) is 11.3 Å². The fourth-order valence-corrected chi connectivity index (χ4v) is 2.04. The van der Waals surface area contributed by atoms with Crippen molar-refractivity contribution < 1.29 is 4.74 Å². The smallest absolute Gasteiger partial charge is 0.0856 e. The summed E-state index contributed by atoms with van der Waals surface area (Å²) in [4.78, 5) is 0. The average Bonchev–Trinajstić information content (AvgIpc) is 2.34. The van der Waals surface area contributed by atoms with Gasteiger partial charge in [-0.3, -0.25) is 0 Å². The summed E-state index contributed by atoms with van der Waals surface area (Å²) in [6.07, 6.45) is 4.77. The summed E-state index contributed by atoms with van der Waals surface area (Å²) in [5.74, 6) is 0.648. The number of rotatable bonds is 1. The van der Waals surface area contributed by atoms with Crippen molar-refractivity contribution in [1.82, 2.24) is 0 Å². The second-order valence-corrected chi connectivity index (χ2v) is 3.70. The first kappa shape index (κ1) is 7.12. The Morgan fingerprint density at radius 2 is 2.27 bits per heavy atom. The third-order valence-corrected chi connectivity index (χ3v) is 3.16. The molecule has 0 radical (unpaired) electrons. The van der Waals surface area contributed by atoms with Gasteiger partial charge in [0.15, 0.2) is 0 Å². The molecule has 11 heavy (non-hydrogen) atoms. The maximum atomic E-state index is 9.02. The van der Waals surface area contributed by atoms with Crippen LogP contribution < -0.4 is 0 Å². The Hall–Kier alpha value is -0.550. The second-order valence-electron chi connectivity index (χ2n) is 3.70. The highest BCUT2D eigenvalue weighted by molar-refractivity contribution is 5.07. The molecule has 1 unspecified atom stereocenters. The Balaban J connectivity index is 2.09. The van der Waals surface area contributed by atoms with Crippen molar-refractivity contribution in [2.75, 3.05) is 13.2 Å². The minimum atomic E-state index is -0.0851. The molecule has 0 spiro atoms. The molecule has 1 saturated carbocycles. The Labute approximate surface area is 67.2 Å². The summed E-state index contributed by atoms with van der Waals surface area (Å²) >= 11 is 0. The molecule has 0 aromatic heterocycles. The topological polar surface area (TPSA) is 33.0 Å². The van der Waals surface area contributed by atoms with E-state index in [1.807, 2.05) is 0 Å². The quantitative estimate of drug-likeness (QED) is 0.571. The molecule has 60 valence electrons. The van der Waals surface area contributed by atoms with Gasteiger partial charge in [0, 0.05) is 6.61 Å². The first-order valence-electron chi connectivity index (χ1n) is 4.36. The van der Waals surface area contributed by atoms with E-state index in [0.717, 1.165) is 13.0 Å². The van der Waals surface area contributed by atoms with Crippen LogP contribution in [0.2, 0.25) is 0 Å². The molecule has 1 heterocycles. The Bertz CT molecular complexity index is 184. The molecular formula is C9H13NO. The summed E-state index contributed by atoms with van der Waals surface area (Å²) in [6, 6.07) is 2.45. The molecule has 0 amide bonds. The second kappa shape index (κ2) is 2.49. The van der Waals surface area contributed by atoms with E-state index < -0.39 is 0 Å². The van der Waals surface area contributed by atoms with E-state index in [0.29, 0.717) is 12.5 Å². The van der Waals surface area contributed by atoms with Gasteiger partial charge >= 0.3 is 0 Å². The number of nitriles is 1. The van der Waals surface area contributed by atoms with Crippen molar-refractivity contribution in [3.63, 3.8) is 0 Å². The third kappa shape index (κ3) is 0.954. The SMILES string of the molecule is N#CC1(C2CCC2)CCOC1. The lowest BCUT2D eigenvalue weighted by Gasteiger charge is -2.36. The molecular weight excluding hydrogens is 138 g/mol. The van der Waals surface area contributed by atoms with Crippen LogP contribution in [0.4, 0.5) is 0 Å². The van der Waals surface area contributed by atoms with Gasteiger partial charge in [0.25, 0.3) is 0 Å². The summed E-state index contributed by atoms with van der Waals surface area (Å²) in [5, 5.41) is 9.02. The fourth-order valence-electron chi connectivity index (χ4n) is 2.04. The highest BCUT2D eigenvalue weighted by Crippen LogP contribution is 2.46. The molecule has 2 nitrogen and oxygen atoms in total. The van der Waals surface area contributed by atoms with Gasteiger partial charge in [-0.1, -0.05) is 6.42 Å². The predicted molar refractivity (Wildman–Crippen MR) is 40.8 cm³/mol. The van der Waals surface area contributed by atoms with Crippen LogP contribution in [0.15, 0.2) is 0 Å². The van der Waals surface area contributed by atoms with Gasteiger partial charge in [0.05, 0.1) is 18.1 Å². The van der Waals surface area contributed by atoms with Crippen molar-refractivity contribution >= 4 is 0 Å². The van der Waals surface area contributed by atoms with Crippen LogP contribution in [0.3, 0.4) is 0 Å². The highest BCUT2D eigenvalue weighted by Gasteiger charge is 2.44. The zero-order chi connectivity index (χ0) is 7.73. The van der Waals surface area contributed by atoms with Crippen LogP contribution in [0.1, 0.15) is 25.7 Å². The van der Waals surface area contributed by atoms with Gasteiger partial charge in [-0.15, -0.1) is 0 Å². The van der Waals surface area contributed by atoms with E-state index in [1.54, 1.807) is 0 Å². The molecule has 1 aliphatic carbocycles. The van der Waals surface area contributed by atoms with E-state index in [-0.39, 0.29) is 5.41 Å². The van der Waals surface area contributed by atoms with Gasteiger partial charge in [-0.25, -0.2) is 0 Å². The van der Waals surface area contributed by atoms with Crippen LogP contribution in [-0.4, -0.2) is 13.2 Å². The summed E-state index contributed by atoms with van der Waals surface area (Å²) in [5.41, 5.74) is -0.0851. The molecule has 0 aromatic rings. The highest BCUT2D eigenvalue weighted by atomic mass is 16.5. The molecule has 0 N–H and O–H groups in total. The summed E-state index contributed by atoms with van der Waals surface area (Å²) in [6.45, 7) is 1.48. The Morgan fingerprint density at radius 1 is 1.45 bits per heavy atom. The van der Waals surface area contributed by atoms with E-state index in [4.69, 9.17) is 10.00 Å². The number of ether oxygens (including phenoxy) is 1. The van der Waals surface area contributed by atoms with E-state index in [9.17, 15) is 0 Å². The molecule has 1 aliphatic heterocycles. The molecule has 0 aromatic carbocycles. The standard InChI is InChI=1S/C9H13NO/c10-6-9(4-5-11-7-9)8-2-1-3-8/h8H,1-5,7H2. The van der Waals surface area contributed by atoms with Crippen LogP contribution in [0.25, 0.3) is 0 Å². The number of hydrogen-bond acceptors (Lipinski definition) is 2. The van der Waals surface area contributed by atoms with Crippen molar-refractivity contribution in [3.8, 4) is 6.07 Å². The maximum Gasteiger partial charge on any atom is 0.0856 e. The molecule has 0 bridgehead atoms. The average molecular weight is 151 g/mol. The van der Waals surface area contributed by atoms with Gasteiger partial charge in [0.1, 0.15) is 0 Å². The minimum Gasteiger partial charge on any atom is -0.380 e. The minimum absolute atomic E-state index is 0.0851. The summed E-state index contributed by atoms with van der Waals surface area (Å²) in [7, 11) is 0. The number of nitrogens with zero attached hydrogens (tertiary/aromatic N) is 1. The Kier molecular flexibility index (Phi) is 1.61. The van der Waals surface area contributed by atoms with Crippen LogP contribution in [0, 0.1) is 22.7 Å². The first-order chi connectivity index (χ1) is 5.37. The molecule has 2 heteroatoms. The van der Waals surface area contributed by atoms with Crippen molar-refractivity contribution in [2.45, 2.75) is 25.7 Å². The molecule has 2 aliphatic rings. The van der Waals surface area contributed by atoms with E-state index in [2.05, 4.69) is 6.07 Å². The lowest BCUT2D eigenvalue weighted by molar-refractivity contribution is 0.104. The van der Waals surface area contributed by atoms with Crippen LogP contribution >= 0.6 is 0 Å². The molecule has 1 saturated heterocycles. The van der Waals surface area contributed by atoms with Gasteiger partial charge < -0.3 is 4.74 Å². The molecule has 2 fully saturated rings. The normalized spacial score (nSPS) is 38.1. The van der Waals surface area contributed by atoms with Gasteiger partial charge in [-0.05, 0) is 25.2 Å². The first-order valence-corrected chi connectivity index (χ1v) is 4.36. The van der Waals surface area contributed by atoms with E-state index >= 15 is 0 Å². The largest absolute Gasteiger partial charge is 0.380 e. The van der Waals surface area contributed by atoms with E-state index in [1.165, 1.54) is 19.3 Å². The van der Waals surface area contributed by atoms with Gasteiger partial charge in [0.2, 0.25) is 0 Å². The van der Waals surface area contributed by atoms with Crippen LogP contribution in [-0.2, 0) is 4.74 Å². The predicted octanol–water partition coefficient (Wildman–Crippen LogP) is 1.72. The molecule has 2 rings (SSSR count). The number of hydrogen-bond donors (Lipinski definition) is 0. The third-order valence-electron chi connectivity index (χ3n) is 3.16. The monoisotopic (exact) mass is 151 g/mol. The zero-order valence-corrected chi connectivity index (χ0v) is 6.68. The lowest BCUT2D eigenvalue weighted by Crippen LogP contribution is -2.34. The van der Waals surface area contributed by atoms with Gasteiger partial charge in [-0.2, -0.15) is 5.26 Å².